The fourth-order valence-electron chi connectivity index (χ4n) is 3.48. The van der Waals surface area contributed by atoms with Crippen molar-refractivity contribution < 1.29 is 18.6 Å². The van der Waals surface area contributed by atoms with Crippen molar-refractivity contribution in [1.29, 1.82) is 0 Å². The van der Waals surface area contributed by atoms with Gasteiger partial charge in [-0.1, -0.05) is 12.1 Å². The van der Waals surface area contributed by atoms with Gasteiger partial charge in [0.2, 0.25) is 0 Å². The number of hydrogen-bond acceptors (Lipinski definition) is 5. The maximum absolute atomic E-state index is 6.10. The average Bonchev–Trinajstić information content (AvgIpc) is 3.20. The molecule has 0 amide bonds. The Kier molecular flexibility index (Phi) is 8.83. The number of ether oxygens (including phenoxy) is 3. The largest absolute Gasteiger partial charge is 0.490 e. The molecule has 1 aliphatic rings. The molecule has 1 atom stereocenters. The fourth-order valence-corrected chi connectivity index (χ4v) is 3.48. The van der Waals surface area contributed by atoms with Gasteiger partial charge in [0, 0.05) is 38.3 Å². The van der Waals surface area contributed by atoms with E-state index in [0.717, 1.165) is 74.1 Å². The van der Waals surface area contributed by atoms with Crippen LogP contribution in [0.4, 0.5) is 0 Å². The highest BCUT2D eigenvalue weighted by atomic mass is 16.5. The van der Waals surface area contributed by atoms with Gasteiger partial charge in [-0.15, -0.1) is 0 Å². The molecule has 2 heterocycles. The molecule has 3 rings (SSSR count). The molecule has 30 heavy (non-hydrogen) atoms. The number of rotatable bonds is 10. The lowest BCUT2D eigenvalue weighted by Gasteiger charge is -2.22. The highest BCUT2D eigenvalue weighted by molar-refractivity contribution is 5.84. The van der Waals surface area contributed by atoms with Gasteiger partial charge in [0.15, 0.2) is 17.3 Å². The average molecular weight is 418 g/mol. The van der Waals surface area contributed by atoms with Crippen molar-refractivity contribution in [3.63, 3.8) is 0 Å². The normalized spacial score (nSPS) is 16.6. The lowest BCUT2D eigenvalue weighted by Crippen LogP contribution is -2.38. The van der Waals surface area contributed by atoms with Crippen molar-refractivity contribution in [2.75, 3.05) is 39.5 Å². The van der Waals surface area contributed by atoms with Crippen LogP contribution in [0.5, 0.6) is 5.75 Å². The summed E-state index contributed by atoms with van der Waals surface area (Å²) >= 11 is 0. The van der Waals surface area contributed by atoms with Crippen LogP contribution in [0, 0.1) is 0 Å². The van der Waals surface area contributed by atoms with Gasteiger partial charge in [-0.25, -0.2) is 0 Å². The van der Waals surface area contributed by atoms with Crippen LogP contribution in [-0.2, 0) is 9.47 Å². The summed E-state index contributed by atoms with van der Waals surface area (Å²) in [5.74, 6) is 2.41. The van der Waals surface area contributed by atoms with Crippen LogP contribution in [0.3, 0.4) is 0 Å². The second-order valence-corrected chi connectivity index (χ2v) is 7.42. The molecule has 7 heteroatoms. The Bertz CT molecular complexity index is 799. The molecule has 2 aromatic rings. The molecule has 0 spiro atoms. The predicted octanol–water partition coefficient (Wildman–Crippen LogP) is 4.03. The SMILES string of the molecule is CCNC(=NCCCOC1CCOCC1)NC(C)c1cc2cccc(OCC)c2o1. The molecule has 0 saturated carbocycles. The van der Waals surface area contributed by atoms with Crippen molar-refractivity contribution in [3.8, 4) is 5.75 Å². The highest BCUT2D eigenvalue weighted by Gasteiger charge is 2.16. The van der Waals surface area contributed by atoms with Crippen LogP contribution in [0.25, 0.3) is 11.0 Å². The molecule has 1 fully saturated rings. The Hall–Kier alpha value is -2.25. The first-order chi connectivity index (χ1) is 14.7. The van der Waals surface area contributed by atoms with Crippen LogP contribution in [0.1, 0.15) is 51.8 Å². The zero-order chi connectivity index (χ0) is 21.2. The van der Waals surface area contributed by atoms with E-state index in [4.69, 9.17) is 18.6 Å². The fraction of sp³-hybridized carbons (Fsp3) is 0.609. The highest BCUT2D eigenvalue weighted by Crippen LogP contribution is 2.31. The molecule has 0 radical (unpaired) electrons. The molecule has 1 aromatic heterocycles. The van der Waals surface area contributed by atoms with E-state index in [1.807, 2.05) is 25.1 Å². The lowest BCUT2D eigenvalue weighted by molar-refractivity contribution is -0.0318. The monoisotopic (exact) mass is 417 g/mol. The molecule has 1 aliphatic heterocycles. The summed E-state index contributed by atoms with van der Waals surface area (Å²) in [5.41, 5.74) is 0.787. The first-order valence-corrected chi connectivity index (χ1v) is 11.1. The first-order valence-electron chi connectivity index (χ1n) is 11.1. The number of aliphatic imine (C=N–C) groups is 1. The van der Waals surface area contributed by atoms with Crippen molar-refractivity contribution in [2.45, 2.75) is 52.2 Å². The third-order valence-electron chi connectivity index (χ3n) is 5.05. The Balaban J connectivity index is 1.53. The molecule has 7 nitrogen and oxygen atoms in total. The zero-order valence-electron chi connectivity index (χ0n) is 18.4. The summed E-state index contributed by atoms with van der Waals surface area (Å²) in [6.45, 7) is 10.6. The molecule has 166 valence electrons. The van der Waals surface area contributed by atoms with E-state index in [1.54, 1.807) is 0 Å². The van der Waals surface area contributed by atoms with E-state index >= 15 is 0 Å². The van der Waals surface area contributed by atoms with Crippen molar-refractivity contribution in [1.82, 2.24) is 10.6 Å². The Labute approximate surface area is 179 Å². The van der Waals surface area contributed by atoms with Crippen LogP contribution >= 0.6 is 0 Å². The lowest BCUT2D eigenvalue weighted by atomic mass is 10.1. The molecule has 1 saturated heterocycles. The molecule has 0 aliphatic carbocycles. The number of para-hydroxylation sites is 1. The zero-order valence-corrected chi connectivity index (χ0v) is 18.4. The summed E-state index contributed by atoms with van der Waals surface area (Å²) in [6.07, 6.45) is 3.22. The number of nitrogens with zero attached hydrogens (tertiary/aromatic N) is 1. The van der Waals surface area contributed by atoms with E-state index in [2.05, 4.69) is 35.5 Å². The Morgan fingerprint density at radius 1 is 1.27 bits per heavy atom. The number of furan rings is 1. The van der Waals surface area contributed by atoms with E-state index in [1.165, 1.54) is 0 Å². The summed E-state index contributed by atoms with van der Waals surface area (Å²) in [4.78, 5) is 4.69. The summed E-state index contributed by atoms with van der Waals surface area (Å²) in [6, 6.07) is 7.99. The van der Waals surface area contributed by atoms with Crippen LogP contribution in [0.2, 0.25) is 0 Å². The van der Waals surface area contributed by atoms with Gasteiger partial charge in [0.1, 0.15) is 5.76 Å². The van der Waals surface area contributed by atoms with Crippen LogP contribution in [0.15, 0.2) is 33.7 Å². The standard InChI is InChI=1S/C23H35N3O4/c1-4-24-23(25-12-7-13-29-19-10-14-27-15-11-19)26-17(3)21-16-18-8-6-9-20(28-5-2)22(18)30-21/h6,8-9,16-17,19H,4-5,7,10-15H2,1-3H3,(H2,24,25,26). The maximum atomic E-state index is 6.10. The summed E-state index contributed by atoms with van der Waals surface area (Å²) < 4.78 is 23.1. The van der Waals surface area contributed by atoms with Crippen molar-refractivity contribution in [3.05, 3.63) is 30.0 Å². The summed E-state index contributed by atoms with van der Waals surface area (Å²) in [7, 11) is 0. The topological polar surface area (TPSA) is 77.3 Å². The number of fused-ring (bicyclic) bond motifs is 1. The molecule has 1 unspecified atom stereocenters. The van der Waals surface area contributed by atoms with Crippen molar-refractivity contribution in [2.24, 2.45) is 4.99 Å². The second kappa shape index (κ2) is 11.8. The van der Waals surface area contributed by atoms with Gasteiger partial charge in [0.25, 0.3) is 0 Å². The molecule has 0 bridgehead atoms. The van der Waals surface area contributed by atoms with Crippen LogP contribution < -0.4 is 15.4 Å². The Morgan fingerprint density at radius 3 is 2.87 bits per heavy atom. The minimum atomic E-state index is -0.0248. The smallest absolute Gasteiger partial charge is 0.191 e. The number of benzene rings is 1. The van der Waals surface area contributed by atoms with Gasteiger partial charge < -0.3 is 29.3 Å². The molecule has 1 aromatic carbocycles. The predicted molar refractivity (Wildman–Crippen MR) is 119 cm³/mol. The minimum Gasteiger partial charge on any atom is -0.490 e. The van der Waals surface area contributed by atoms with Crippen molar-refractivity contribution >= 4 is 16.9 Å². The van der Waals surface area contributed by atoms with E-state index in [-0.39, 0.29) is 6.04 Å². The van der Waals surface area contributed by atoms with E-state index < -0.39 is 0 Å². The van der Waals surface area contributed by atoms with Gasteiger partial charge >= 0.3 is 0 Å². The minimum absolute atomic E-state index is 0.0248. The summed E-state index contributed by atoms with van der Waals surface area (Å²) in [5, 5.41) is 7.78. The maximum Gasteiger partial charge on any atom is 0.191 e. The second-order valence-electron chi connectivity index (χ2n) is 7.42. The van der Waals surface area contributed by atoms with E-state index in [0.29, 0.717) is 19.3 Å². The third kappa shape index (κ3) is 6.37. The van der Waals surface area contributed by atoms with E-state index in [9.17, 15) is 0 Å². The number of guanidine groups is 1. The van der Waals surface area contributed by atoms with Crippen LogP contribution in [-0.4, -0.2) is 51.6 Å². The van der Waals surface area contributed by atoms with Gasteiger partial charge in [-0.3, -0.25) is 4.99 Å². The molecular weight excluding hydrogens is 382 g/mol. The van der Waals surface area contributed by atoms with Gasteiger partial charge in [-0.2, -0.15) is 0 Å². The number of nitrogens with one attached hydrogen (secondary N) is 2. The molecule has 2 N–H and O–H groups in total. The third-order valence-corrected chi connectivity index (χ3v) is 5.05. The Morgan fingerprint density at radius 2 is 2.10 bits per heavy atom. The first kappa shape index (κ1) is 22.4. The molecular formula is C23H35N3O4. The quantitative estimate of drug-likeness (QED) is 0.345. The number of hydrogen-bond donors (Lipinski definition) is 2. The van der Waals surface area contributed by atoms with Gasteiger partial charge in [0.05, 0.1) is 18.8 Å². The van der Waals surface area contributed by atoms with Gasteiger partial charge in [-0.05, 0) is 52.2 Å².